The van der Waals surface area contributed by atoms with Crippen LogP contribution >= 0.6 is 11.6 Å². The summed E-state index contributed by atoms with van der Waals surface area (Å²) in [6.07, 6.45) is 6.42. The lowest BCUT2D eigenvalue weighted by Gasteiger charge is -2.18. The molecule has 0 heterocycles. The first kappa shape index (κ1) is 13.9. The molecular weight excluding hydrogens is 242 g/mol. The second-order valence-corrected chi connectivity index (χ2v) is 5.93. The van der Waals surface area contributed by atoms with Gasteiger partial charge in [-0.05, 0) is 68.7 Å². The van der Waals surface area contributed by atoms with Crippen LogP contribution < -0.4 is 5.32 Å². The average molecular weight is 266 g/mol. The highest BCUT2D eigenvalue weighted by atomic mass is 35.5. The van der Waals surface area contributed by atoms with Gasteiger partial charge < -0.3 is 5.32 Å². The molecule has 1 saturated carbocycles. The fourth-order valence-corrected chi connectivity index (χ4v) is 2.65. The SMILES string of the molecule is CCCNC(CCc1ccc(C)c(Cl)c1)C1CC1. The summed E-state index contributed by atoms with van der Waals surface area (Å²) in [6.45, 7) is 5.44. The monoisotopic (exact) mass is 265 g/mol. The first-order valence-corrected chi connectivity index (χ1v) is 7.57. The summed E-state index contributed by atoms with van der Waals surface area (Å²) in [4.78, 5) is 0. The molecule has 1 nitrogen and oxygen atoms in total. The topological polar surface area (TPSA) is 12.0 Å². The zero-order chi connectivity index (χ0) is 13.0. The van der Waals surface area contributed by atoms with E-state index in [0.29, 0.717) is 6.04 Å². The van der Waals surface area contributed by atoms with Gasteiger partial charge in [-0.2, -0.15) is 0 Å². The average Bonchev–Trinajstić information content (AvgIpc) is 3.18. The number of aryl methyl sites for hydroxylation is 2. The molecule has 1 atom stereocenters. The lowest BCUT2D eigenvalue weighted by molar-refractivity contribution is 0.436. The quantitative estimate of drug-likeness (QED) is 0.772. The summed E-state index contributed by atoms with van der Waals surface area (Å²) >= 11 is 6.17. The van der Waals surface area contributed by atoms with Gasteiger partial charge in [-0.15, -0.1) is 0 Å². The Balaban J connectivity index is 1.86. The van der Waals surface area contributed by atoms with Crippen LogP contribution in [-0.4, -0.2) is 12.6 Å². The van der Waals surface area contributed by atoms with E-state index in [9.17, 15) is 0 Å². The maximum atomic E-state index is 6.17. The third-order valence-corrected chi connectivity index (χ3v) is 4.24. The van der Waals surface area contributed by atoms with E-state index in [2.05, 4.69) is 37.4 Å². The van der Waals surface area contributed by atoms with Crippen LogP contribution in [0.3, 0.4) is 0 Å². The fourth-order valence-electron chi connectivity index (χ4n) is 2.45. The molecule has 1 N–H and O–H groups in total. The van der Waals surface area contributed by atoms with Crippen molar-refractivity contribution in [3.05, 3.63) is 34.3 Å². The van der Waals surface area contributed by atoms with Crippen molar-refractivity contribution in [2.45, 2.75) is 52.0 Å². The van der Waals surface area contributed by atoms with Crippen LogP contribution in [0, 0.1) is 12.8 Å². The lowest BCUT2D eigenvalue weighted by atomic mass is 10.0. The highest BCUT2D eigenvalue weighted by Crippen LogP contribution is 2.34. The van der Waals surface area contributed by atoms with Crippen LogP contribution in [0.4, 0.5) is 0 Å². The summed E-state index contributed by atoms with van der Waals surface area (Å²) in [6, 6.07) is 7.18. The van der Waals surface area contributed by atoms with Gasteiger partial charge in [0.2, 0.25) is 0 Å². The number of hydrogen-bond donors (Lipinski definition) is 1. The first-order chi connectivity index (χ1) is 8.70. The molecular formula is C16H24ClN. The van der Waals surface area contributed by atoms with Gasteiger partial charge >= 0.3 is 0 Å². The number of hydrogen-bond acceptors (Lipinski definition) is 1. The summed E-state index contributed by atoms with van der Waals surface area (Å²) in [5, 5.41) is 4.59. The smallest absolute Gasteiger partial charge is 0.0437 e. The van der Waals surface area contributed by atoms with Crippen molar-refractivity contribution >= 4 is 11.6 Å². The van der Waals surface area contributed by atoms with Crippen molar-refractivity contribution in [3.8, 4) is 0 Å². The van der Waals surface area contributed by atoms with Crippen molar-refractivity contribution < 1.29 is 0 Å². The molecule has 0 spiro atoms. The number of rotatable bonds is 7. The molecule has 2 rings (SSSR count). The minimum absolute atomic E-state index is 0.713. The Morgan fingerprint density at radius 1 is 1.39 bits per heavy atom. The largest absolute Gasteiger partial charge is 0.314 e. The van der Waals surface area contributed by atoms with Gasteiger partial charge in [0.15, 0.2) is 0 Å². The van der Waals surface area contributed by atoms with E-state index < -0.39 is 0 Å². The summed E-state index contributed by atoms with van der Waals surface area (Å²) in [5.41, 5.74) is 2.54. The standard InChI is InChI=1S/C16H24ClN/c1-3-10-18-16(14-7-8-14)9-6-13-5-4-12(2)15(17)11-13/h4-5,11,14,16,18H,3,6-10H2,1-2H3. The molecule has 100 valence electrons. The summed E-state index contributed by atoms with van der Waals surface area (Å²) in [5.74, 6) is 0.928. The lowest BCUT2D eigenvalue weighted by Crippen LogP contribution is -2.32. The Labute approximate surface area is 116 Å². The second-order valence-electron chi connectivity index (χ2n) is 5.52. The van der Waals surface area contributed by atoms with Crippen LogP contribution in [0.1, 0.15) is 43.7 Å². The molecule has 18 heavy (non-hydrogen) atoms. The third kappa shape index (κ3) is 4.00. The van der Waals surface area contributed by atoms with E-state index in [1.54, 1.807) is 0 Å². The molecule has 2 heteroatoms. The molecule has 1 aromatic rings. The summed E-state index contributed by atoms with van der Waals surface area (Å²) < 4.78 is 0. The van der Waals surface area contributed by atoms with E-state index in [0.717, 1.165) is 23.9 Å². The number of nitrogens with one attached hydrogen (secondary N) is 1. The second kappa shape index (κ2) is 6.58. The van der Waals surface area contributed by atoms with E-state index in [1.807, 2.05) is 0 Å². The molecule has 1 fully saturated rings. The van der Waals surface area contributed by atoms with Crippen LogP contribution in [0.5, 0.6) is 0 Å². The molecule has 0 bridgehead atoms. The van der Waals surface area contributed by atoms with Crippen molar-refractivity contribution in [1.82, 2.24) is 5.32 Å². The number of benzene rings is 1. The van der Waals surface area contributed by atoms with E-state index in [4.69, 9.17) is 11.6 Å². The molecule has 0 radical (unpaired) electrons. The normalized spacial score (nSPS) is 16.8. The Bertz CT molecular complexity index is 385. The predicted octanol–water partition coefficient (Wildman–Crippen LogP) is 4.36. The van der Waals surface area contributed by atoms with Gasteiger partial charge in [0.1, 0.15) is 0 Å². The molecule has 0 aliphatic heterocycles. The van der Waals surface area contributed by atoms with Crippen molar-refractivity contribution in [2.75, 3.05) is 6.54 Å². The first-order valence-electron chi connectivity index (χ1n) is 7.19. The maximum Gasteiger partial charge on any atom is 0.0437 e. The van der Waals surface area contributed by atoms with Gasteiger partial charge in [0.05, 0.1) is 0 Å². The zero-order valence-electron chi connectivity index (χ0n) is 11.5. The van der Waals surface area contributed by atoms with Crippen LogP contribution in [0.25, 0.3) is 0 Å². The van der Waals surface area contributed by atoms with Crippen LogP contribution in [0.15, 0.2) is 18.2 Å². The van der Waals surface area contributed by atoms with Crippen molar-refractivity contribution in [3.63, 3.8) is 0 Å². The minimum atomic E-state index is 0.713. The minimum Gasteiger partial charge on any atom is -0.314 e. The highest BCUT2D eigenvalue weighted by molar-refractivity contribution is 6.31. The fraction of sp³-hybridized carbons (Fsp3) is 0.625. The Morgan fingerprint density at radius 2 is 2.17 bits per heavy atom. The van der Waals surface area contributed by atoms with Crippen LogP contribution in [-0.2, 0) is 6.42 Å². The van der Waals surface area contributed by atoms with Crippen molar-refractivity contribution in [1.29, 1.82) is 0 Å². The van der Waals surface area contributed by atoms with Gasteiger partial charge in [-0.3, -0.25) is 0 Å². The van der Waals surface area contributed by atoms with Gasteiger partial charge in [-0.1, -0.05) is 30.7 Å². The zero-order valence-corrected chi connectivity index (χ0v) is 12.3. The number of halogens is 1. The molecule has 1 aliphatic rings. The van der Waals surface area contributed by atoms with Crippen LogP contribution in [0.2, 0.25) is 5.02 Å². The maximum absolute atomic E-state index is 6.17. The van der Waals surface area contributed by atoms with Gasteiger partial charge in [0.25, 0.3) is 0 Å². The molecule has 0 amide bonds. The Morgan fingerprint density at radius 3 is 2.78 bits per heavy atom. The third-order valence-electron chi connectivity index (χ3n) is 3.83. The van der Waals surface area contributed by atoms with Crippen molar-refractivity contribution in [2.24, 2.45) is 5.92 Å². The molecule has 1 aromatic carbocycles. The van der Waals surface area contributed by atoms with Gasteiger partial charge in [-0.25, -0.2) is 0 Å². The highest BCUT2D eigenvalue weighted by Gasteiger charge is 2.30. The molecule has 1 aliphatic carbocycles. The Kier molecular flexibility index (Phi) is 5.08. The Hall–Kier alpha value is -0.530. The molecule has 0 aromatic heterocycles. The van der Waals surface area contributed by atoms with E-state index in [1.165, 1.54) is 36.8 Å². The van der Waals surface area contributed by atoms with Gasteiger partial charge in [0, 0.05) is 11.1 Å². The van der Waals surface area contributed by atoms with E-state index in [-0.39, 0.29) is 0 Å². The summed E-state index contributed by atoms with van der Waals surface area (Å²) in [7, 11) is 0. The molecule has 1 unspecified atom stereocenters. The predicted molar refractivity (Wildman–Crippen MR) is 79.3 cm³/mol. The molecule has 0 saturated heterocycles. The van der Waals surface area contributed by atoms with E-state index >= 15 is 0 Å².